The second-order valence-corrected chi connectivity index (χ2v) is 10.7. The number of hydrogen-bond acceptors (Lipinski definition) is 4. The maximum Gasteiger partial charge on any atom is 0.223 e. The normalized spacial score (nSPS) is 22.9. The topological polar surface area (TPSA) is 70.0 Å². The van der Waals surface area contributed by atoms with Gasteiger partial charge in [0, 0.05) is 19.5 Å². The third-order valence-corrected chi connectivity index (χ3v) is 7.86. The van der Waals surface area contributed by atoms with Gasteiger partial charge in [-0.25, -0.2) is 0 Å². The van der Waals surface area contributed by atoms with Gasteiger partial charge in [0.2, 0.25) is 5.91 Å². The fourth-order valence-corrected chi connectivity index (χ4v) is 5.89. The zero-order chi connectivity index (χ0) is 25.6. The fraction of sp³-hybridized carbons (Fsp3) is 0.406. The van der Waals surface area contributed by atoms with Crippen LogP contribution in [-0.4, -0.2) is 39.8 Å². The van der Waals surface area contributed by atoms with Gasteiger partial charge >= 0.3 is 0 Å². The number of nitrogens with zero attached hydrogens (tertiary/aromatic N) is 1. The summed E-state index contributed by atoms with van der Waals surface area (Å²) in [4.78, 5) is 15.6. The highest BCUT2D eigenvalue weighted by Crippen LogP contribution is 2.37. The first-order chi connectivity index (χ1) is 18.0. The maximum absolute atomic E-state index is 13.7. The lowest BCUT2D eigenvalue weighted by Gasteiger charge is -2.30. The van der Waals surface area contributed by atoms with E-state index < -0.39 is 12.2 Å². The van der Waals surface area contributed by atoms with E-state index in [1.54, 1.807) is 0 Å². The average molecular weight is 500 g/mol. The molecule has 1 saturated carbocycles. The number of carbonyl (C=O) groups is 1. The smallest absolute Gasteiger partial charge is 0.223 e. The predicted octanol–water partition coefficient (Wildman–Crippen LogP) is 5.24. The van der Waals surface area contributed by atoms with Gasteiger partial charge in [-0.15, -0.1) is 0 Å². The Hall–Kier alpha value is -3.15. The molecule has 0 bridgehead atoms. The molecule has 5 heteroatoms. The quantitative estimate of drug-likeness (QED) is 0.423. The van der Waals surface area contributed by atoms with E-state index in [2.05, 4.69) is 24.3 Å². The molecule has 37 heavy (non-hydrogen) atoms. The van der Waals surface area contributed by atoms with Crippen LogP contribution < -0.4 is 4.74 Å². The van der Waals surface area contributed by atoms with E-state index in [-0.39, 0.29) is 17.7 Å². The largest absolute Gasteiger partial charge is 0.489 e. The zero-order valence-corrected chi connectivity index (χ0v) is 21.3. The highest BCUT2D eigenvalue weighted by molar-refractivity contribution is 5.77. The van der Waals surface area contributed by atoms with E-state index >= 15 is 0 Å². The Morgan fingerprint density at radius 2 is 1.57 bits per heavy atom. The molecule has 3 unspecified atom stereocenters. The number of carbonyl (C=O) groups excluding carboxylic acids is 1. The molecule has 3 aromatic carbocycles. The summed E-state index contributed by atoms with van der Waals surface area (Å²) in [6.07, 6.45) is 3.24. The molecule has 3 atom stereocenters. The Morgan fingerprint density at radius 3 is 2.27 bits per heavy atom. The summed E-state index contributed by atoms with van der Waals surface area (Å²) in [6, 6.07) is 26.6. The van der Waals surface area contributed by atoms with E-state index in [0.717, 1.165) is 36.1 Å². The highest BCUT2D eigenvalue weighted by Gasteiger charge is 2.34. The summed E-state index contributed by atoms with van der Waals surface area (Å²) >= 11 is 0. The third-order valence-electron chi connectivity index (χ3n) is 7.86. The molecule has 3 aromatic rings. The van der Waals surface area contributed by atoms with Gasteiger partial charge in [-0.1, -0.05) is 66.7 Å². The average Bonchev–Trinajstić information content (AvgIpc) is 3.24. The Balaban J connectivity index is 1.27. The van der Waals surface area contributed by atoms with E-state index in [4.69, 9.17) is 4.74 Å². The molecule has 0 aromatic heterocycles. The van der Waals surface area contributed by atoms with E-state index in [0.29, 0.717) is 39.0 Å². The molecule has 2 aliphatic carbocycles. The minimum atomic E-state index is -0.692. The summed E-state index contributed by atoms with van der Waals surface area (Å²) < 4.78 is 6.05. The lowest BCUT2D eigenvalue weighted by atomic mass is 9.80. The number of aryl methyl sites for hydroxylation is 1. The number of benzene rings is 3. The molecule has 0 radical (unpaired) electrons. The minimum Gasteiger partial charge on any atom is -0.489 e. The maximum atomic E-state index is 13.7. The van der Waals surface area contributed by atoms with Gasteiger partial charge in [-0.3, -0.25) is 4.79 Å². The molecular weight excluding hydrogens is 462 g/mol. The summed E-state index contributed by atoms with van der Waals surface area (Å²) in [5.41, 5.74) is 4.79. The van der Waals surface area contributed by atoms with E-state index in [1.807, 2.05) is 59.5 Å². The minimum absolute atomic E-state index is 0.112. The molecule has 0 saturated heterocycles. The molecule has 5 rings (SSSR count). The van der Waals surface area contributed by atoms with Crippen LogP contribution in [0.3, 0.4) is 0 Å². The summed E-state index contributed by atoms with van der Waals surface area (Å²) in [5.74, 6) is 1.32. The Kier molecular flexibility index (Phi) is 8.22. The molecule has 2 N–H and O–H groups in total. The fourth-order valence-electron chi connectivity index (χ4n) is 5.89. The van der Waals surface area contributed by atoms with Crippen LogP contribution in [0.4, 0.5) is 0 Å². The standard InChI is InChI=1S/C32H37NO4/c34-30-16-25(17-31(30)35)21-33(20-23-8-3-1-4-9-23)32(36)19-27-13-7-12-26-18-28(14-15-29(26)27)37-22-24-10-5-2-6-11-24/h1-6,8-11,14-15,18,25,27,30-31,34-35H,7,12-13,16-17,19-22H2. The van der Waals surface area contributed by atoms with Crippen molar-refractivity contribution in [1.82, 2.24) is 4.90 Å². The molecule has 5 nitrogen and oxygen atoms in total. The number of ether oxygens (including phenoxy) is 1. The first kappa shape index (κ1) is 25.5. The lowest BCUT2D eigenvalue weighted by molar-refractivity contribution is -0.133. The van der Waals surface area contributed by atoms with Gasteiger partial charge in [0.15, 0.2) is 0 Å². The molecule has 0 aliphatic heterocycles. The van der Waals surface area contributed by atoms with Gasteiger partial charge in [-0.2, -0.15) is 0 Å². The molecule has 194 valence electrons. The summed E-state index contributed by atoms with van der Waals surface area (Å²) in [6.45, 7) is 1.66. The molecule has 0 spiro atoms. The van der Waals surface area contributed by atoms with Crippen molar-refractivity contribution in [2.75, 3.05) is 6.54 Å². The molecule has 2 aliphatic rings. The van der Waals surface area contributed by atoms with Crippen LogP contribution >= 0.6 is 0 Å². The van der Waals surface area contributed by atoms with Crippen LogP contribution in [0, 0.1) is 5.92 Å². The summed E-state index contributed by atoms with van der Waals surface area (Å²) in [5, 5.41) is 20.1. The van der Waals surface area contributed by atoms with E-state index in [1.165, 1.54) is 11.1 Å². The van der Waals surface area contributed by atoms with E-state index in [9.17, 15) is 15.0 Å². The van der Waals surface area contributed by atoms with Gasteiger partial charge in [0.25, 0.3) is 0 Å². The molecule has 0 heterocycles. The van der Waals surface area contributed by atoms with Crippen molar-refractivity contribution in [3.05, 3.63) is 101 Å². The first-order valence-electron chi connectivity index (χ1n) is 13.5. The van der Waals surface area contributed by atoms with Crippen molar-refractivity contribution < 1.29 is 19.7 Å². The van der Waals surface area contributed by atoms with Crippen molar-refractivity contribution in [3.8, 4) is 5.75 Å². The Morgan fingerprint density at radius 1 is 0.892 bits per heavy atom. The second kappa shape index (κ2) is 11.9. The van der Waals surface area contributed by atoms with Gasteiger partial charge in [0.1, 0.15) is 12.4 Å². The second-order valence-electron chi connectivity index (χ2n) is 10.7. The van der Waals surface area contributed by atoms with Gasteiger partial charge in [-0.05, 0) is 78.3 Å². The van der Waals surface area contributed by atoms with Crippen molar-refractivity contribution in [2.24, 2.45) is 5.92 Å². The summed E-state index contributed by atoms with van der Waals surface area (Å²) in [7, 11) is 0. The van der Waals surface area contributed by atoms with Crippen molar-refractivity contribution >= 4 is 5.91 Å². The van der Waals surface area contributed by atoms with Crippen LogP contribution in [0.15, 0.2) is 78.9 Å². The number of amides is 1. The number of aliphatic hydroxyl groups excluding tert-OH is 2. The van der Waals surface area contributed by atoms with Crippen molar-refractivity contribution in [1.29, 1.82) is 0 Å². The van der Waals surface area contributed by atoms with Crippen LogP contribution in [0.2, 0.25) is 0 Å². The lowest BCUT2D eigenvalue weighted by Crippen LogP contribution is -2.35. The molecule has 1 amide bonds. The van der Waals surface area contributed by atoms with Crippen LogP contribution in [0.1, 0.15) is 60.3 Å². The number of aliphatic hydroxyl groups is 2. The SMILES string of the molecule is O=C(CC1CCCc2cc(OCc3ccccc3)ccc21)N(Cc1ccccc1)CC1CC(O)C(O)C1. The molecular formula is C32H37NO4. The Bertz CT molecular complexity index is 1160. The zero-order valence-electron chi connectivity index (χ0n) is 21.3. The highest BCUT2D eigenvalue weighted by atomic mass is 16.5. The van der Waals surface area contributed by atoms with Gasteiger partial charge < -0.3 is 19.8 Å². The van der Waals surface area contributed by atoms with Crippen LogP contribution in [-0.2, 0) is 24.4 Å². The first-order valence-corrected chi connectivity index (χ1v) is 13.5. The van der Waals surface area contributed by atoms with Crippen LogP contribution in [0.25, 0.3) is 0 Å². The van der Waals surface area contributed by atoms with Crippen LogP contribution in [0.5, 0.6) is 5.75 Å². The molecule has 1 fully saturated rings. The predicted molar refractivity (Wildman–Crippen MR) is 144 cm³/mol. The van der Waals surface area contributed by atoms with Gasteiger partial charge in [0.05, 0.1) is 12.2 Å². The number of hydrogen-bond donors (Lipinski definition) is 2. The monoisotopic (exact) mass is 499 g/mol. The third kappa shape index (κ3) is 6.60. The Labute approximate surface area is 219 Å². The number of rotatable bonds is 9. The van der Waals surface area contributed by atoms with Crippen molar-refractivity contribution in [2.45, 2.75) is 69.8 Å². The number of fused-ring (bicyclic) bond motifs is 1. The van der Waals surface area contributed by atoms with Crippen molar-refractivity contribution in [3.63, 3.8) is 0 Å².